The number of rotatable bonds is 4. The van der Waals surface area contributed by atoms with Gasteiger partial charge in [-0.25, -0.2) is 13.2 Å². The number of aromatic nitrogens is 2. The predicted molar refractivity (Wildman–Crippen MR) is 69.6 cm³/mol. The quantitative estimate of drug-likeness (QED) is 0.877. The third-order valence-corrected chi connectivity index (χ3v) is 3.18. The lowest BCUT2D eigenvalue weighted by Gasteiger charge is -2.14. The number of hydrogen-bond acceptors (Lipinski definition) is 2. The van der Waals surface area contributed by atoms with Crippen LogP contribution in [-0.4, -0.2) is 9.78 Å². The summed E-state index contributed by atoms with van der Waals surface area (Å²) in [7, 11) is 0. The van der Waals surface area contributed by atoms with E-state index in [0.717, 1.165) is 17.5 Å². The minimum absolute atomic E-state index is 0.0367. The Hall–Kier alpha value is -1.82. The number of aryl methyl sites for hydroxylation is 2. The fourth-order valence-electron chi connectivity index (χ4n) is 2.20. The second-order valence-electron chi connectivity index (χ2n) is 4.67. The fraction of sp³-hybridized carbons (Fsp3) is 0.357. The molecule has 3 nitrogen and oxygen atoms in total. The Balaban J connectivity index is 2.28. The SMILES string of the molecule is CCn1nc(C)cc1CC(N)c1ccc(F)c(F)c1F. The average Bonchev–Trinajstić information content (AvgIpc) is 2.76. The summed E-state index contributed by atoms with van der Waals surface area (Å²) in [6.07, 6.45) is 0.302. The van der Waals surface area contributed by atoms with Crippen molar-refractivity contribution in [3.63, 3.8) is 0 Å². The van der Waals surface area contributed by atoms with Crippen LogP contribution in [0.5, 0.6) is 0 Å². The molecule has 0 aliphatic heterocycles. The lowest BCUT2D eigenvalue weighted by atomic mass is 10.0. The summed E-state index contributed by atoms with van der Waals surface area (Å²) < 4.78 is 41.6. The maximum Gasteiger partial charge on any atom is 0.194 e. The van der Waals surface area contributed by atoms with Crippen molar-refractivity contribution in [2.45, 2.75) is 32.9 Å². The molecule has 1 atom stereocenters. The first-order valence-electron chi connectivity index (χ1n) is 6.36. The first kappa shape index (κ1) is 14.6. The largest absolute Gasteiger partial charge is 0.324 e. The topological polar surface area (TPSA) is 43.8 Å². The Morgan fingerprint density at radius 2 is 1.95 bits per heavy atom. The van der Waals surface area contributed by atoms with Gasteiger partial charge in [0.1, 0.15) is 0 Å². The van der Waals surface area contributed by atoms with E-state index in [4.69, 9.17) is 5.73 Å². The second kappa shape index (κ2) is 5.66. The molecule has 1 aromatic heterocycles. The summed E-state index contributed by atoms with van der Waals surface area (Å²) in [6.45, 7) is 4.44. The Morgan fingerprint density at radius 3 is 2.60 bits per heavy atom. The van der Waals surface area contributed by atoms with Gasteiger partial charge in [0.05, 0.1) is 5.69 Å². The first-order valence-corrected chi connectivity index (χ1v) is 6.36. The molecule has 0 bridgehead atoms. The second-order valence-corrected chi connectivity index (χ2v) is 4.67. The molecule has 108 valence electrons. The van der Waals surface area contributed by atoms with Gasteiger partial charge in [0.2, 0.25) is 0 Å². The molecule has 2 aromatic rings. The van der Waals surface area contributed by atoms with Crippen molar-refractivity contribution in [1.29, 1.82) is 0 Å². The predicted octanol–water partition coefficient (Wildman–Crippen LogP) is 2.87. The molecule has 0 saturated heterocycles. The summed E-state index contributed by atoms with van der Waals surface area (Å²) in [5.74, 6) is -3.93. The van der Waals surface area contributed by atoms with E-state index < -0.39 is 23.5 Å². The first-order chi connectivity index (χ1) is 9.43. The van der Waals surface area contributed by atoms with Crippen molar-refractivity contribution in [2.24, 2.45) is 5.73 Å². The summed E-state index contributed by atoms with van der Waals surface area (Å²) in [5, 5.41) is 4.26. The van der Waals surface area contributed by atoms with E-state index >= 15 is 0 Å². The molecule has 0 spiro atoms. The van der Waals surface area contributed by atoms with Crippen molar-refractivity contribution < 1.29 is 13.2 Å². The smallest absolute Gasteiger partial charge is 0.194 e. The lowest BCUT2D eigenvalue weighted by molar-refractivity contribution is 0.434. The highest BCUT2D eigenvalue weighted by atomic mass is 19.2. The van der Waals surface area contributed by atoms with E-state index in [1.807, 2.05) is 19.9 Å². The number of halogens is 3. The normalized spacial score (nSPS) is 12.7. The fourth-order valence-corrected chi connectivity index (χ4v) is 2.20. The van der Waals surface area contributed by atoms with Gasteiger partial charge < -0.3 is 5.73 Å². The Bertz CT molecular complexity index is 622. The van der Waals surface area contributed by atoms with Crippen LogP contribution in [0.25, 0.3) is 0 Å². The van der Waals surface area contributed by atoms with Gasteiger partial charge in [-0.1, -0.05) is 6.07 Å². The van der Waals surface area contributed by atoms with E-state index in [-0.39, 0.29) is 5.56 Å². The number of hydrogen-bond donors (Lipinski definition) is 1. The summed E-state index contributed by atoms with van der Waals surface area (Å²) in [5.41, 5.74) is 7.54. The van der Waals surface area contributed by atoms with Crippen LogP contribution in [-0.2, 0) is 13.0 Å². The van der Waals surface area contributed by atoms with Crippen molar-refractivity contribution >= 4 is 0 Å². The molecule has 0 saturated carbocycles. The van der Waals surface area contributed by atoms with Gasteiger partial charge >= 0.3 is 0 Å². The maximum absolute atomic E-state index is 13.7. The molecular formula is C14H16F3N3. The van der Waals surface area contributed by atoms with Crippen LogP contribution in [0.2, 0.25) is 0 Å². The van der Waals surface area contributed by atoms with Crippen LogP contribution in [0.3, 0.4) is 0 Å². The number of nitrogens with two attached hydrogens (primary N) is 1. The highest BCUT2D eigenvalue weighted by Crippen LogP contribution is 2.23. The van der Waals surface area contributed by atoms with Crippen LogP contribution in [0, 0.1) is 24.4 Å². The van der Waals surface area contributed by atoms with Crippen LogP contribution in [0.15, 0.2) is 18.2 Å². The van der Waals surface area contributed by atoms with E-state index in [1.54, 1.807) is 4.68 Å². The standard InChI is InChI=1S/C14H16F3N3/c1-3-20-9(6-8(2)19-20)7-12(18)10-4-5-11(15)14(17)13(10)16/h4-6,12H,3,7,18H2,1-2H3. The Kier molecular flexibility index (Phi) is 4.13. The lowest BCUT2D eigenvalue weighted by Crippen LogP contribution is -2.18. The number of benzene rings is 1. The molecule has 0 aliphatic rings. The van der Waals surface area contributed by atoms with Gasteiger partial charge in [-0.2, -0.15) is 5.10 Å². The molecule has 0 aliphatic carbocycles. The van der Waals surface area contributed by atoms with Crippen LogP contribution < -0.4 is 5.73 Å². The van der Waals surface area contributed by atoms with Gasteiger partial charge in [0.25, 0.3) is 0 Å². The van der Waals surface area contributed by atoms with E-state index in [2.05, 4.69) is 5.10 Å². The highest BCUT2D eigenvalue weighted by Gasteiger charge is 2.19. The zero-order valence-corrected chi connectivity index (χ0v) is 11.3. The molecule has 0 fully saturated rings. The Labute approximate surface area is 115 Å². The molecule has 0 amide bonds. The van der Waals surface area contributed by atoms with Crippen LogP contribution in [0.4, 0.5) is 13.2 Å². The van der Waals surface area contributed by atoms with Crippen molar-refractivity contribution in [3.05, 3.63) is 52.6 Å². The number of nitrogens with zero attached hydrogens (tertiary/aromatic N) is 2. The van der Waals surface area contributed by atoms with Crippen molar-refractivity contribution in [1.82, 2.24) is 9.78 Å². The minimum Gasteiger partial charge on any atom is -0.324 e. The van der Waals surface area contributed by atoms with Crippen LogP contribution in [0.1, 0.15) is 29.9 Å². The molecule has 1 heterocycles. The van der Waals surface area contributed by atoms with Crippen LogP contribution >= 0.6 is 0 Å². The molecule has 20 heavy (non-hydrogen) atoms. The Morgan fingerprint density at radius 1 is 1.25 bits per heavy atom. The van der Waals surface area contributed by atoms with E-state index in [0.29, 0.717) is 13.0 Å². The highest BCUT2D eigenvalue weighted by molar-refractivity contribution is 5.25. The summed E-state index contributed by atoms with van der Waals surface area (Å²) in [4.78, 5) is 0. The van der Waals surface area contributed by atoms with Gasteiger partial charge in [-0.15, -0.1) is 0 Å². The average molecular weight is 283 g/mol. The summed E-state index contributed by atoms with van der Waals surface area (Å²) >= 11 is 0. The van der Waals surface area contributed by atoms with E-state index in [9.17, 15) is 13.2 Å². The molecule has 2 N–H and O–H groups in total. The maximum atomic E-state index is 13.7. The zero-order chi connectivity index (χ0) is 14.9. The third-order valence-electron chi connectivity index (χ3n) is 3.18. The third kappa shape index (κ3) is 2.70. The van der Waals surface area contributed by atoms with Crippen molar-refractivity contribution in [3.8, 4) is 0 Å². The van der Waals surface area contributed by atoms with Gasteiger partial charge in [-0.3, -0.25) is 4.68 Å². The van der Waals surface area contributed by atoms with E-state index in [1.165, 1.54) is 6.07 Å². The monoisotopic (exact) mass is 283 g/mol. The molecule has 2 rings (SSSR count). The minimum atomic E-state index is -1.49. The molecule has 0 radical (unpaired) electrons. The van der Waals surface area contributed by atoms with Gasteiger partial charge in [-0.05, 0) is 26.0 Å². The summed E-state index contributed by atoms with van der Waals surface area (Å²) in [6, 6.07) is 3.15. The molecule has 1 aromatic carbocycles. The molecule has 6 heteroatoms. The van der Waals surface area contributed by atoms with Gasteiger partial charge in [0, 0.05) is 30.3 Å². The molecule has 1 unspecified atom stereocenters. The van der Waals surface area contributed by atoms with Gasteiger partial charge in [0.15, 0.2) is 17.5 Å². The zero-order valence-electron chi connectivity index (χ0n) is 11.3. The van der Waals surface area contributed by atoms with Crippen molar-refractivity contribution in [2.75, 3.05) is 0 Å². The molecular weight excluding hydrogens is 267 g/mol.